The first-order valence-corrected chi connectivity index (χ1v) is 35.8. The second kappa shape index (κ2) is 19.5. The molecular weight excluding hydrogens is 1230 g/mol. The number of allylic oxidation sites excluding steroid dienone is 8. The van der Waals surface area contributed by atoms with Gasteiger partial charge in [-0.25, -0.2) is 4.98 Å². The van der Waals surface area contributed by atoms with E-state index < -0.39 is 16.2 Å². The van der Waals surface area contributed by atoms with Gasteiger partial charge in [-0.15, -0.1) is 0 Å². The standard InChI is InChI=1S/C95H64N4O2/c1-92(2)68-36-18-15-33-62(68)85-87(92)86-83(84-65-35-17-24-42-79(65)101-88(84)85)63-46-44-55(49-74(63)93(86,3)4)99(91-97-89(53-25-7-5-8-26-53)96-90(98-91)54-27-9-6-10-28-54)56-43-45-61-66-51-77-67(52-76(66)95(75(61)50-56)71-39-21-13-31-59(71)60-32-14-22-40-72(60)95)81-73(47-48-80-82(81)64-34-16-23-41-78(64)100-80)94(77)69-37-19-11-29-57(69)58-30-12-20-38-70(58)94/h5-14,16-17,19-33,35-52,64H,15,18,34H2,1-4H3. The van der Waals surface area contributed by atoms with Crippen LogP contribution in [0.1, 0.15) is 125 Å². The third-order valence-corrected chi connectivity index (χ3v) is 24.7. The molecule has 0 N–H and O–H groups in total. The highest BCUT2D eigenvalue weighted by atomic mass is 16.5. The van der Waals surface area contributed by atoms with E-state index in [1.54, 1.807) is 0 Å². The van der Waals surface area contributed by atoms with Crippen molar-refractivity contribution < 1.29 is 9.15 Å². The van der Waals surface area contributed by atoms with E-state index >= 15 is 0 Å². The topological polar surface area (TPSA) is 64.3 Å². The fourth-order valence-electron chi connectivity index (χ4n) is 20.7. The Morgan fingerprint density at radius 3 is 1.62 bits per heavy atom. The third kappa shape index (κ3) is 6.86. The van der Waals surface area contributed by atoms with Crippen molar-refractivity contribution in [3.63, 3.8) is 0 Å². The Labute approximate surface area is 585 Å². The van der Waals surface area contributed by atoms with Crippen molar-refractivity contribution in [3.05, 3.63) is 357 Å². The van der Waals surface area contributed by atoms with E-state index in [4.69, 9.17) is 24.1 Å². The summed E-state index contributed by atoms with van der Waals surface area (Å²) in [5, 5.41) is 2.34. The molecule has 0 fully saturated rings. The molecule has 6 heteroatoms. The van der Waals surface area contributed by atoms with Gasteiger partial charge in [0.05, 0.1) is 10.8 Å². The highest BCUT2D eigenvalue weighted by Gasteiger charge is 2.58. The normalized spacial score (nSPS) is 17.6. The summed E-state index contributed by atoms with van der Waals surface area (Å²) in [5.41, 5.74) is 35.7. The summed E-state index contributed by atoms with van der Waals surface area (Å²) in [7, 11) is 0. The monoisotopic (exact) mass is 1290 g/mol. The SMILES string of the molecule is CC1(C)C2=CCCC=C2c2c1c1c(c3c2oc2ccccc23)-c2ccc(N(c3ccc4c(c3)C3(c5ccccc5-c5ccccc53)c3cc5c(cc3-4)C3(c4ccccc4-c4ccccc43)c3ccc4c(c3-5)C3CC=CC=C3O4)c3nc(-c4ccccc4)nc(-c4ccccc4)n3)cc2C1(C)C. The van der Waals surface area contributed by atoms with Crippen LogP contribution < -0.4 is 9.64 Å². The summed E-state index contributed by atoms with van der Waals surface area (Å²) in [5.74, 6) is 3.79. The molecule has 12 aromatic carbocycles. The van der Waals surface area contributed by atoms with Crippen molar-refractivity contribution in [2.75, 3.05) is 4.90 Å². The zero-order valence-electron chi connectivity index (χ0n) is 56.3. The van der Waals surface area contributed by atoms with E-state index in [-0.39, 0.29) is 11.3 Å². The molecule has 0 amide bonds. The van der Waals surface area contributed by atoms with Crippen molar-refractivity contribution in [3.8, 4) is 84.2 Å². The Kier molecular flexibility index (Phi) is 10.8. The predicted molar refractivity (Wildman–Crippen MR) is 406 cm³/mol. The lowest BCUT2D eigenvalue weighted by Gasteiger charge is -2.33. The van der Waals surface area contributed by atoms with Crippen molar-refractivity contribution in [1.82, 2.24) is 15.0 Å². The molecule has 476 valence electrons. The smallest absolute Gasteiger partial charge is 0.238 e. The maximum atomic E-state index is 7.18. The van der Waals surface area contributed by atoms with Gasteiger partial charge in [-0.1, -0.05) is 246 Å². The van der Waals surface area contributed by atoms with Crippen LogP contribution in [-0.2, 0) is 21.7 Å². The van der Waals surface area contributed by atoms with E-state index in [2.05, 4.69) is 306 Å². The van der Waals surface area contributed by atoms with Crippen LogP contribution >= 0.6 is 0 Å². The quantitative estimate of drug-likeness (QED) is 0.171. The molecule has 1 atom stereocenters. The largest absolute Gasteiger partial charge is 0.461 e. The lowest BCUT2D eigenvalue weighted by atomic mass is 9.68. The van der Waals surface area contributed by atoms with E-state index in [1.807, 2.05) is 0 Å². The summed E-state index contributed by atoms with van der Waals surface area (Å²) in [6, 6.07) is 90.8. The minimum atomic E-state index is -0.762. The van der Waals surface area contributed by atoms with E-state index in [1.165, 1.54) is 144 Å². The van der Waals surface area contributed by atoms with Gasteiger partial charge in [0, 0.05) is 61.1 Å². The van der Waals surface area contributed by atoms with Crippen LogP contribution in [0.2, 0.25) is 0 Å². The number of hydrogen-bond donors (Lipinski definition) is 0. The molecule has 3 heterocycles. The molecular formula is C95H64N4O2. The summed E-state index contributed by atoms with van der Waals surface area (Å²) in [6.07, 6.45) is 14.6. The number of rotatable bonds is 5. The fraction of sp³-hybridized carbons (Fsp3) is 0.126. The van der Waals surface area contributed by atoms with Crippen LogP contribution in [0.15, 0.2) is 289 Å². The number of furan rings is 1. The Morgan fingerprint density at radius 1 is 0.426 bits per heavy atom. The van der Waals surface area contributed by atoms with Crippen LogP contribution in [-0.4, -0.2) is 15.0 Å². The Morgan fingerprint density at radius 2 is 0.960 bits per heavy atom. The van der Waals surface area contributed by atoms with Crippen molar-refractivity contribution in [2.24, 2.45) is 0 Å². The number of para-hydroxylation sites is 1. The van der Waals surface area contributed by atoms with Gasteiger partial charge < -0.3 is 9.15 Å². The molecule has 8 aliphatic carbocycles. The second-order valence-electron chi connectivity index (χ2n) is 30.1. The van der Waals surface area contributed by atoms with Crippen LogP contribution in [0.3, 0.4) is 0 Å². The van der Waals surface area contributed by atoms with Gasteiger partial charge in [0.25, 0.3) is 0 Å². The maximum Gasteiger partial charge on any atom is 0.238 e. The van der Waals surface area contributed by atoms with Crippen molar-refractivity contribution >= 4 is 44.8 Å². The van der Waals surface area contributed by atoms with E-state index in [0.717, 1.165) is 69.8 Å². The fourth-order valence-corrected chi connectivity index (χ4v) is 20.7. The first kappa shape index (κ1) is 55.9. The molecule has 23 rings (SSSR count). The number of anilines is 3. The van der Waals surface area contributed by atoms with Crippen LogP contribution in [0.5, 0.6) is 5.75 Å². The molecule has 1 aliphatic heterocycles. The maximum absolute atomic E-state index is 7.18. The Balaban J connectivity index is 0.810. The van der Waals surface area contributed by atoms with Crippen LogP contribution in [0.4, 0.5) is 17.3 Å². The molecule has 9 aliphatic rings. The van der Waals surface area contributed by atoms with Crippen LogP contribution in [0, 0.1) is 0 Å². The summed E-state index contributed by atoms with van der Waals surface area (Å²) in [6.45, 7) is 9.81. The number of ether oxygens (including phenoxy) is 1. The summed E-state index contributed by atoms with van der Waals surface area (Å²) < 4.78 is 14.1. The van der Waals surface area contributed by atoms with E-state index in [0.29, 0.717) is 17.6 Å². The molecule has 14 aromatic rings. The second-order valence-corrected chi connectivity index (χ2v) is 30.1. The predicted octanol–water partition coefficient (Wildman–Crippen LogP) is 23.3. The average Bonchev–Trinajstić information content (AvgIpc) is 1.49. The lowest BCUT2D eigenvalue weighted by Crippen LogP contribution is -2.27. The van der Waals surface area contributed by atoms with Gasteiger partial charge in [0.2, 0.25) is 5.95 Å². The molecule has 0 saturated carbocycles. The van der Waals surface area contributed by atoms with Crippen molar-refractivity contribution in [2.45, 2.75) is 74.5 Å². The minimum absolute atomic E-state index is 0.0960. The van der Waals surface area contributed by atoms with Gasteiger partial charge in [-0.05, 0) is 202 Å². The molecule has 101 heavy (non-hydrogen) atoms. The van der Waals surface area contributed by atoms with Crippen molar-refractivity contribution in [1.29, 1.82) is 0 Å². The Bertz CT molecular complexity index is 6140. The molecule has 0 radical (unpaired) electrons. The van der Waals surface area contributed by atoms with E-state index in [9.17, 15) is 0 Å². The number of aromatic nitrogens is 3. The van der Waals surface area contributed by atoms with Gasteiger partial charge in [-0.2, -0.15) is 9.97 Å². The highest BCUT2D eigenvalue weighted by molar-refractivity contribution is 6.20. The van der Waals surface area contributed by atoms with Gasteiger partial charge in [-0.3, -0.25) is 4.90 Å². The Hall–Kier alpha value is -12.0. The molecule has 2 aromatic heterocycles. The molecule has 1 unspecified atom stereocenters. The number of fused-ring (bicyclic) bond motifs is 36. The molecule has 2 spiro atoms. The summed E-state index contributed by atoms with van der Waals surface area (Å²) >= 11 is 0. The number of nitrogens with zero attached hydrogens (tertiary/aromatic N) is 4. The lowest BCUT2D eigenvalue weighted by molar-refractivity contribution is 0.425. The first-order valence-electron chi connectivity index (χ1n) is 35.8. The molecule has 6 nitrogen and oxygen atoms in total. The zero-order valence-corrected chi connectivity index (χ0v) is 56.3. The zero-order chi connectivity index (χ0) is 66.6. The first-order chi connectivity index (χ1) is 49.6. The van der Waals surface area contributed by atoms with Gasteiger partial charge in [0.15, 0.2) is 11.6 Å². The minimum Gasteiger partial charge on any atom is -0.461 e. The number of benzene rings is 12. The number of hydrogen-bond acceptors (Lipinski definition) is 6. The average molecular weight is 1290 g/mol. The highest BCUT2D eigenvalue weighted by Crippen LogP contribution is 2.71. The third-order valence-electron chi connectivity index (χ3n) is 24.7. The molecule has 0 bridgehead atoms. The van der Waals surface area contributed by atoms with Gasteiger partial charge in [0.1, 0.15) is 22.7 Å². The molecule has 0 saturated heterocycles. The van der Waals surface area contributed by atoms with Crippen LogP contribution in [0.25, 0.3) is 106 Å². The summed E-state index contributed by atoms with van der Waals surface area (Å²) in [4.78, 5) is 19.0. The van der Waals surface area contributed by atoms with Gasteiger partial charge >= 0.3 is 0 Å².